The van der Waals surface area contributed by atoms with Gasteiger partial charge in [0.1, 0.15) is 0 Å². The molecule has 0 N–H and O–H groups in total. The van der Waals surface area contributed by atoms with E-state index in [2.05, 4.69) is 101 Å². The molecule has 0 amide bonds. The van der Waals surface area contributed by atoms with Crippen LogP contribution in [0.5, 0.6) is 0 Å². The van der Waals surface area contributed by atoms with Crippen molar-refractivity contribution in [3.05, 3.63) is 0 Å². The van der Waals surface area contributed by atoms with Crippen LogP contribution in [0.3, 0.4) is 0 Å². The topological polar surface area (TPSA) is 31.2 Å². The van der Waals surface area contributed by atoms with Crippen LogP contribution in [0.2, 0.25) is 78.6 Å². The summed E-state index contributed by atoms with van der Waals surface area (Å²) in [5.41, 5.74) is 2.32. The summed E-state index contributed by atoms with van der Waals surface area (Å²) in [6, 6.07) is 0. The molecule has 0 unspecified atom stereocenters. The molecule has 0 aliphatic rings. The third-order valence-corrected chi connectivity index (χ3v) is 17.4. The van der Waals surface area contributed by atoms with E-state index in [1.54, 1.807) is 0 Å². The summed E-state index contributed by atoms with van der Waals surface area (Å²) in [5, 5.41) is 10.5. The first-order chi connectivity index (χ1) is 11.3. The molecule has 0 aromatic carbocycles. The lowest BCUT2D eigenvalue weighted by atomic mass is 10.1. The van der Waals surface area contributed by atoms with E-state index in [0.717, 1.165) is 18.6 Å². The minimum atomic E-state index is -1.52. The fourth-order valence-electron chi connectivity index (χ4n) is 3.48. The molecular formula is C18H46N4Si4. The predicted octanol–water partition coefficient (Wildman–Crippen LogP) is 6.46. The Bertz CT molecular complexity index is 489. The van der Waals surface area contributed by atoms with Gasteiger partial charge in [0.2, 0.25) is 0 Å². The average Bonchev–Trinajstić information content (AvgIpc) is 2.34. The van der Waals surface area contributed by atoms with E-state index < -0.39 is 32.9 Å². The van der Waals surface area contributed by atoms with Crippen LogP contribution in [0.1, 0.15) is 26.7 Å². The first-order valence-corrected chi connectivity index (χ1v) is 23.8. The van der Waals surface area contributed by atoms with Crippen LogP contribution in [-0.4, -0.2) is 53.0 Å². The molecule has 0 aliphatic heterocycles. The Balaban J connectivity index is 6.21. The monoisotopic (exact) mass is 430 g/mol. The second kappa shape index (κ2) is 8.87. The highest BCUT2D eigenvalue weighted by molar-refractivity contribution is 6.90. The minimum Gasteiger partial charge on any atom is -0.350 e. The lowest BCUT2D eigenvalue weighted by Gasteiger charge is -2.43. The molecule has 0 fully saturated rings. The van der Waals surface area contributed by atoms with E-state index in [-0.39, 0.29) is 0 Å². The minimum absolute atomic E-state index is 1.01. The van der Waals surface area contributed by atoms with Crippen molar-refractivity contribution in [2.45, 2.75) is 105 Å². The molecular weight excluding hydrogens is 385 g/mol. The van der Waals surface area contributed by atoms with Gasteiger partial charge < -0.3 is 8.68 Å². The van der Waals surface area contributed by atoms with Crippen molar-refractivity contribution in [2.24, 2.45) is 10.2 Å². The van der Waals surface area contributed by atoms with Crippen molar-refractivity contribution < 1.29 is 0 Å². The lowest BCUT2D eigenvalue weighted by Crippen LogP contribution is -2.57. The second-order valence-corrected chi connectivity index (χ2v) is 31.2. The van der Waals surface area contributed by atoms with Crippen LogP contribution in [-0.2, 0) is 0 Å². The van der Waals surface area contributed by atoms with Crippen molar-refractivity contribution in [2.75, 3.05) is 0 Å². The maximum Gasteiger partial charge on any atom is 0.158 e. The van der Waals surface area contributed by atoms with E-state index in [1.165, 1.54) is 5.71 Å². The average molecular weight is 431 g/mol. The molecule has 0 bridgehead atoms. The van der Waals surface area contributed by atoms with Crippen molar-refractivity contribution in [1.82, 2.24) is 8.68 Å². The Morgan fingerprint density at radius 3 is 1.19 bits per heavy atom. The van der Waals surface area contributed by atoms with Gasteiger partial charge >= 0.3 is 0 Å². The molecule has 0 saturated heterocycles. The quantitative estimate of drug-likeness (QED) is 0.239. The van der Waals surface area contributed by atoms with Gasteiger partial charge in [-0.05, 0) is 13.3 Å². The Kier molecular flexibility index (Phi) is 8.81. The molecule has 0 aliphatic carbocycles. The van der Waals surface area contributed by atoms with Crippen LogP contribution in [0, 0.1) is 0 Å². The standard InChI is InChI=1S/C18H46N4Si4/c1-15-16-18(20-22(25(9,10)11)26(12,13)14)17(2)19-21(23(3,4)5)24(6,7)8/h15-16H2,1-14H3. The van der Waals surface area contributed by atoms with Gasteiger partial charge in [0.05, 0.1) is 11.4 Å². The number of hydrogen-bond donors (Lipinski definition) is 0. The second-order valence-electron chi connectivity index (χ2n) is 11.3. The summed E-state index contributed by atoms with van der Waals surface area (Å²) < 4.78 is 5.03. The Morgan fingerprint density at radius 1 is 0.615 bits per heavy atom. The van der Waals surface area contributed by atoms with Crippen LogP contribution in [0.4, 0.5) is 0 Å². The van der Waals surface area contributed by atoms with Gasteiger partial charge in [0.15, 0.2) is 32.9 Å². The van der Waals surface area contributed by atoms with Crippen molar-refractivity contribution in [1.29, 1.82) is 0 Å². The molecule has 0 saturated carbocycles. The van der Waals surface area contributed by atoms with Gasteiger partial charge in [0, 0.05) is 0 Å². The normalized spacial score (nSPS) is 15.3. The van der Waals surface area contributed by atoms with Crippen molar-refractivity contribution in [3.8, 4) is 0 Å². The van der Waals surface area contributed by atoms with Gasteiger partial charge in [-0.25, -0.2) is 0 Å². The summed E-state index contributed by atoms with van der Waals surface area (Å²) in [7, 11) is -6.05. The van der Waals surface area contributed by atoms with E-state index in [4.69, 9.17) is 10.2 Å². The van der Waals surface area contributed by atoms with Crippen LogP contribution >= 0.6 is 0 Å². The zero-order chi connectivity index (χ0) is 21.1. The molecule has 4 nitrogen and oxygen atoms in total. The van der Waals surface area contributed by atoms with Crippen molar-refractivity contribution in [3.63, 3.8) is 0 Å². The molecule has 0 aromatic heterocycles. The smallest absolute Gasteiger partial charge is 0.158 e. The number of hydrogen-bond acceptors (Lipinski definition) is 4. The summed E-state index contributed by atoms with van der Waals surface area (Å²) in [6.45, 7) is 33.2. The fourth-order valence-corrected chi connectivity index (χ4v) is 21.3. The highest BCUT2D eigenvalue weighted by Gasteiger charge is 2.36. The molecule has 0 heterocycles. The van der Waals surface area contributed by atoms with Crippen LogP contribution in [0.15, 0.2) is 10.2 Å². The van der Waals surface area contributed by atoms with E-state index in [0.29, 0.717) is 0 Å². The predicted molar refractivity (Wildman–Crippen MR) is 133 cm³/mol. The molecule has 0 aromatic rings. The molecule has 0 radical (unpaired) electrons. The first-order valence-electron chi connectivity index (χ1n) is 10.1. The van der Waals surface area contributed by atoms with Crippen molar-refractivity contribution >= 4 is 44.4 Å². The first kappa shape index (κ1) is 25.8. The van der Waals surface area contributed by atoms with Crippen LogP contribution < -0.4 is 0 Å². The van der Waals surface area contributed by atoms with Gasteiger partial charge in [-0.15, -0.1) is 0 Å². The zero-order valence-corrected chi connectivity index (χ0v) is 24.2. The highest BCUT2D eigenvalue weighted by Crippen LogP contribution is 2.23. The SMILES string of the molecule is CCCC(=NN([Si](C)(C)C)[Si](C)(C)C)C(C)=NN([Si](C)(C)C)[Si](C)(C)C. The number of hydrazone groups is 2. The van der Waals surface area contributed by atoms with E-state index in [9.17, 15) is 0 Å². The summed E-state index contributed by atoms with van der Waals surface area (Å²) in [4.78, 5) is 0. The summed E-state index contributed by atoms with van der Waals surface area (Å²) in [5.74, 6) is 0. The lowest BCUT2D eigenvalue weighted by molar-refractivity contribution is 0.656. The molecule has 0 atom stereocenters. The Morgan fingerprint density at radius 2 is 0.923 bits per heavy atom. The maximum atomic E-state index is 5.27. The Hall–Kier alpha value is -0.192. The Labute approximate surface area is 168 Å². The van der Waals surface area contributed by atoms with Crippen LogP contribution in [0.25, 0.3) is 0 Å². The van der Waals surface area contributed by atoms with E-state index >= 15 is 0 Å². The van der Waals surface area contributed by atoms with Gasteiger partial charge in [0.25, 0.3) is 0 Å². The third-order valence-electron chi connectivity index (χ3n) is 3.92. The molecule has 26 heavy (non-hydrogen) atoms. The third kappa shape index (κ3) is 8.22. The summed E-state index contributed by atoms with van der Waals surface area (Å²) >= 11 is 0. The molecule has 154 valence electrons. The summed E-state index contributed by atoms with van der Waals surface area (Å²) in [6.07, 6.45) is 2.11. The number of nitrogens with zero attached hydrogens (tertiary/aromatic N) is 4. The maximum absolute atomic E-state index is 5.27. The fraction of sp³-hybridized carbons (Fsp3) is 0.889. The zero-order valence-electron chi connectivity index (χ0n) is 20.2. The molecule has 8 heteroatoms. The number of rotatable bonds is 9. The van der Waals surface area contributed by atoms with Gasteiger partial charge in [-0.2, -0.15) is 10.2 Å². The molecule has 0 spiro atoms. The van der Waals surface area contributed by atoms with Gasteiger partial charge in [-0.3, -0.25) is 0 Å². The largest absolute Gasteiger partial charge is 0.350 e. The van der Waals surface area contributed by atoms with E-state index in [1.807, 2.05) is 0 Å². The highest BCUT2D eigenvalue weighted by atomic mass is 28.4. The molecule has 0 rings (SSSR count). The van der Waals surface area contributed by atoms with Gasteiger partial charge in [-0.1, -0.05) is 91.9 Å².